The van der Waals surface area contributed by atoms with Gasteiger partial charge in [-0.25, -0.2) is 9.40 Å². The maximum Gasteiger partial charge on any atom is 0.262 e. The number of hydrogen-bond acceptors (Lipinski definition) is 3. The molecule has 27 heavy (non-hydrogen) atoms. The van der Waals surface area contributed by atoms with Crippen molar-refractivity contribution in [2.75, 3.05) is 6.54 Å². The van der Waals surface area contributed by atoms with Gasteiger partial charge in [-0.3, -0.25) is 9.59 Å². The van der Waals surface area contributed by atoms with Crippen LogP contribution in [0.25, 0.3) is 0 Å². The van der Waals surface area contributed by atoms with E-state index >= 15 is 0 Å². The van der Waals surface area contributed by atoms with Crippen molar-refractivity contribution in [1.29, 1.82) is 0 Å². The Bertz CT molecular complexity index is 900. The lowest BCUT2D eigenvalue weighted by molar-refractivity contribution is -0.134. The normalized spacial score (nSPS) is 16.2. The predicted octanol–water partition coefficient (Wildman–Crippen LogP) is 3.68. The van der Waals surface area contributed by atoms with Crippen LogP contribution in [-0.2, 0) is 9.59 Å². The summed E-state index contributed by atoms with van der Waals surface area (Å²) in [6.45, 7) is 1.50. The van der Waals surface area contributed by atoms with E-state index in [4.69, 9.17) is 11.6 Å². The number of rotatable bonds is 5. The summed E-state index contributed by atoms with van der Waals surface area (Å²) in [6, 6.07) is 12.9. The number of carbonyl (C=O) groups excluding carboxylic acids is 2. The van der Waals surface area contributed by atoms with Crippen LogP contribution in [0.1, 0.15) is 36.9 Å². The number of benzene rings is 2. The Balaban J connectivity index is 1.93. The average molecular weight is 388 g/mol. The molecule has 1 N–H and O–H groups in total. The Hall–Kier alpha value is -2.73. The lowest BCUT2D eigenvalue weighted by atomic mass is 9.98. The van der Waals surface area contributed by atoms with Crippen molar-refractivity contribution in [2.45, 2.75) is 25.8 Å². The largest absolute Gasteiger partial charge is 0.347 e. The summed E-state index contributed by atoms with van der Waals surface area (Å²) in [5.74, 6) is -1.05. The Labute approximate surface area is 161 Å². The van der Waals surface area contributed by atoms with Crippen LogP contribution in [-0.4, -0.2) is 29.1 Å². The molecule has 0 spiro atoms. The minimum Gasteiger partial charge on any atom is -0.347 e. The highest BCUT2D eigenvalue weighted by molar-refractivity contribution is 6.34. The Morgan fingerprint density at radius 1 is 1.22 bits per heavy atom. The molecule has 2 aromatic carbocycles. The molecule has 3 rings (SSSR count). The van der Waals surface area contributed by atoms with Gasteiger partial charge in [0.2, 0.25) is 5.91 Å². The topological polar surface area (TPSA) is 61.8 Å². The molecule has 1 atom stereocenters. The fourth-order valence-electron chi connectivity index (χ4n) is 2.97. The number of nitrogens with one attached hydrogen (secondary N) is 1. The molecule has 2 amide bonds. The quantitative estimate of drug-likeness (QED) is 0.850. The molecular formula is C20H19ClFN3O2. The maximum absolute atomic E-state index is 14.4. The summed E-state index contributed by atoms with van der Waals surface area (Å²) in [7, 11) is 0. The molecule has 0 fully saturated rings. The fraction of sp³-hybridized carbons (Fsp3) is 0.250. The van der Waals surface area contributed by atoms with E-state index in [0.29, 0.717) is 28.3 Å². The molecule has 1 aliphatic rings. The van der Waals surface area contributed by atoms with Crippen LogP contribution >= 0.6 is 11.6 Å². The Kier molecular flexibility index (Phi) is 5.86. The smallest absolute Gasteiger partial charge is 0.262 e. The zero-order chi connectivity index (χ0) is 19.4. The molecule has 0 aromatic heterocycles. The van der Waals surface area contributed by atoms with E-state index < -0.39 is 17.8 Å². The molecule has 1 aliphatic heterocycles. The van der Waals surface area contributed by atoms with Crippen molar-refractivity contribution in [2.24, 2.45) is 5.10 Å². The molecule has 1 unspecified atom stereocenters. The highest BCUT2D eigenvalue weighted by Crippen LogP contribution is 2.35. The van der Waals surface area contributed by atoms with Crippen molar-refractivity contribution >= 4 is 29.1 Å². The number of hydrogen-bond donors (Lipinski definition) is 1. The first-order valence-electron chi connectivity index (χ1n) is 8.66. The van der Waals surface area contributed by atoms with Gasteiger partial charge in [0.15, 0.2) is 0 Å². The number of carbonyl (C=O) groups is 2. The first kappa shape index (κ1) is 19.0. The SMILES string of the molecule is CCC(=O)NCC(=O)N1N=C(c2ccccc2Cl)CC1c1ccccc1F. The highest BCUT2D eigenvalue weighted by Gasteiger charge is 2.35. The number of nitrogens with zero attached hydrogens (tertiary/aromatic N) is 2. The Morgan fingerprint density at radius 3 is 2.63 bits per heavy atom. The summed E-state index contributed by atoms with van der Waals surface area (Å²) < 4.78 is 14.4. The van der Waals surface area contributed by atoms with Crippen molar-refractivity contribution in [1.82, 2.24) is 10.3 Å². The van der Waals surface area contributed by atoms with Gasteiger partial charge in [-0.05, 0) is 12.1 Å². The van der Waals surface area contributed by atoms with Crippen LogP contribution < -0.4 is 5.32 Å². The summed E-state index contributed by atoms with van der Waals surface area (Å²) >= 11 is 6.26. The van der Waals surface area contributed by atoms with Crippen LogP contribution in [0.3, 0.4) is 0 Å². The van der Waals surface area contributed by atoms with E-state index in [0.717, 1.165) is 0 Å². The van der Waals surface area contributed by atoms with E-state index in [1.165, 1.54) is 11.1 Å². The van der Waals surface area contributed by atoms with E-state index in [2.05, 4.69) is 10.4 Å². The molecule has 0 aliphatic carbocycles. The van der Waals surface area contributed by atoms with Gasteiger partial charge in [-0.15, -0.1) is 0 Å². The van der Waals surface area contributed by atoms with Gasteiger partial charge in [0, 0.05) is 29.0 Å². The molecule has 0 saturated heterocycles. The molecule has 140 valence electrons. The maximum atomic E-state index is 14.4. The molecule has 0 radical (unpaired) electrons. The summed E-state index contributed by atoms with van der Waals surface area (Å²) in [6.07, 6.45) is 0.607. The first-order valence-corrected chi connectivity index (χ1v) is 9.04. The van der Waals surface area contributed by atoms with Crippen molar-refractivity contribution in [3.63, 3.8) is 0 Å². The molecule has 0 saturated carbocycles. The van der Waals surface area contributed by atoms with Gasteiger partial charge in [0.1, 0.15) is 5.82 Å². The van der Waals surface area contributed by atoms with Gasteiger partial charge in [-0.1, -0.05) is 54.9 Å². The van der Waals surface area contributed by atoms with Crippen LogP contribution in [0.5, 0.6) is 0 Å². The van der Waals surface area contributed by atoms with Gasteiger partial charge in [0.05, 0.1) is 18.3 Å². The molecule has 7 heteroatoms. The van der Waals surface area contributed by atoms with Gasteiger partial charge < -0.3 is 5.32 Å². The third kappa shape index (κ3) is 4.17. The zero-order valence-corrected chi connectivity index (χ0v) is 15.5. The van der Waals surface area contributed by atoms with Crippen LogP contribution in [0.15, 0.2) is 53.6 Å². The fourth-order valence-corrected chi connectivity index (χ4v) is 3.21. The van der Waals surface area contributed by atoms with E-state index in [1.54, 1.807) is 37.3 Å². The minimum absolute atomic E-state index is 0.197. The van der Waals surface area contributed by atoms with Crippen molar-refractivity contribution in [3.8, 4) is 0 Å². The van der Waals surface area contributed by atoms with Crippen LogP contribution in [0, 0.1) is 5.82 Å². The highest BCUT2D eigenvalue weighted by atomic mass is 35.5. The monoisotopic (exact) mass is 387 g/mol. The molecule has 2 aromatic rings. The minimum atomic E-state index is -0.594. The van der Waals surface area contributed by atoms with E-state index in [-0.39, 0.29) is 18.9 Å². The second-order valence-corrected chi connectivity index (χ2v) is 6.54. The second-order valence-electron chi connectivity index (χ2n) is 6.14. The van der Waals surface area contributed by atoms with Crippen LogP contribution in [0.4, 0.5) is 4.39 Å². The molecule has 0 bridgehead atoms. The van der Waals surface area contributed by atoms with Crippen molar-refractivity contribution in [3.05, 3.63) is 70.5 Å². The molecule has 5 nitrogen and oxygen atoms in total. The second kappa shape index (κ2) is 8.31. The standard InChI is InChI=1S/C20H19ClFN3O2/c1-2-19(26)23-12-20(27)25-18(14-8-4-6-10-16(14)22)11-17(24-25)13-7-3-5-9-15(13)21/h3-10,18H,2,11-12H2,1H3,(H,23,26). The lowest BCUT2D eigenvalue weighted by Gasteiger charge is -2.22. The summed E-state index contributed by atoms with van der Waals surface area (Å²) in [4.78, 5) is 24.1. The van der Waals surface area contributed by atoms with E-state index in [9.17, 15) is 14.0 Å². The third-order valence-corrected chi connectivity index (χ3v) is 4.70. The van der Waals surface area contributed by atoms with Gasteiger partial charge in [-0.2, -0.15) is 5.10 Å². The predicted molar refractivity (Wildman–Crippen MR) is 102 cm³/mol. The number of hydrazone groups is 1. The zero-order valence-electron chi connectivity index (χ0n) is 14.8. The van der Waals surface area contributed by atoms with Crippen molar-refractivity contribution < 1.29 is 14.0 Å². The first-order chi connectivity index (χ1) is 13.0. The average Bonchev–Trinajstić information content (AvgIpc) is 3.11. The summed E-state index contributed by atoms with van der Waals surface area (Å²) in [5.41, 5.74) is 1.68. The number of halogens is 2. The van der Waals surface area contributed by atoms with Gasteiger partial charge >= 0.3 is 0 Å². The van der Waals surface area contributed by atoms with Crippen LogP contribution in [0.2, 0.25) is 5.02 Å². The molecule has 1 heterocycles. The summed E-state index contributed by atoms with van der Waals surface area (Å²) in [5, 5.41) is 8.72. The third-order valence-electron chi connectivity index (χ3n) is 4.37. The van der Waals surface area contributed by atoms with Gasteiger partial charge in [0.25, 0.3) is 5.91 Å². The number of amides is 2. The molecular weight excluding hydrogens is 369 g/mol. The lowest BCUT2D eigenvalue weighted by Crippen LogP contribution is -2.37. The van der Waals surface area contributed by atoms with E-state index in [1.807, 2.05) is 12.1 Å². The Morgan fingerprint density at radius 2 is 1.93 bits per heavy atom.